The Bertz CT molecular complexity index is 1170. The number of hydrogen-bond acceptors (Lipinski definition) is 3. The number of hydrogen-bond donors (Lipinski definition) is 1. The highest BCUT2D eigenvalue weighted by Gasteiger charge is 2.24. The third-order valence-corrected chi connectivity index (χ3v) is 6.75. The second-order valence-corrected chi connectivity index (χ2v) is 8.98. The number of unbranched alkanes of at least 4 members (excludes halogenated alkanes) is 1. The minimum absolute atomic E-state index is 0.134. The standard InChI is InChI=1S/C23H24N2O3S/c1-2-3-15-25-21-13-12-19(16-18(21)11-14-23(25)26)24-29(27,28)22-10-6-8-17-7-4-5-9-20(17)22/h4-10,12-13,16,24H,2-3,11,14-15H2,1H3. The lowest BCUT2D eigenvalue weighted by Gasteiger charge is -2.30. The Morgan fingerprint density at radius 2 is 1.79 bits per heavy atom. The van der Waals surface area contributed by atoms with Crippen LogP contribution in [0.5, 0.6) is 0 Å². The van der Waals surface area contributed by atoms with Crippen LogP contribution < -0.4 is 9.62 Å². The van der Waals surface area contributed by atoms with Crippen molar-refractivity contribution in [2.75, 3.05) is 16.2 Å². The van der Waals surface area contributed by atoms with Crippen LogP contribution in [0, 0.1) is 0 Å². The first-order chi connectivity index (χ1) is 14.0. The second-order valence-electron chi connectivity index (χ2n) is 7.33. The molecule has 150 valence electrons. The van der Waals surface area contributed by atoms with Crippen molar-refractivity contribution in [2.24, 2.45) is 0 Å². The molecular weight excluding hydrogens is 384 g/mol. The lowest BCUT2D eigenvalue weighted by Crippen LogP contribution is -2.35. The van der Waals surface area contributed by atoms with Gasteiger partial charge in [-0.15, -0.1) is 0 Å². The van der Waals surface area contributed by atoms with E-state index in [0.29, 0.717) is 30.5 Å². The lowest BCUT2D eigenvalue weighted by molar-refractivity contribution is -0.118. The first-order valence-electron chi connectivity index (χ1n) is 9.93. The quantitative estimate of drug-likeness (QED) is 0.642. The van der Waals surface area contributed by atoms with E-state index >= 15 is 0 Å². The first-order valence-corrected chi connectivity index (χ1v) is 11.4. The van der Waals surface area contributed by atoms with Crippen LogP contribution in [-0.4, -0.2) is 20.9 Å². The molecule has 6 heteroatoms. The number of fused-ring (bicyclic) bond motifs is 2. The SMILES string of the molecule is CCCCN1C(=O)CCc2cc(NS(=O)(=O)c3cccc4ccccc34)ccc21. The molecule has 0 atom stereocenters. The molecule has 3 aromatic carbocycles. The summed E-state index contributed by atoms with van der Waals surface area (Å²) in [4.78, 5) is 14.4. The van der Waals surface area contributed by atoms with E-state index in [9.17, 15) is 13.2 Å². The van der Waals surface area contributed by atoms with E-state index < -0.39 is 10.0 Å². The molecule has 1 aliphatic heterocycles. The highest BCUT2D eigenvalue weighted by atomic mass is 32.2. The van der Waals surface area contributed by atoms with Crippen molar-refractivity contribution in [1.82, 2.24) is 0 Å². The molecule has 0 fully saturated rings. The van der Waals surface area contributed by atoms with E-state index in [1.807, 2.05) is 47.4 Å². The third kappa shape index (κ3) is 3.85. The maximum Gasteiger partial charge on any atom is 0.262 e. The van der Waals surface area contributed by atoms with Crippen LogP contribution in [0.3, 0.4) is 0 Å². The fraction of sp³-hybridized carbons (Fsp3) is 0.261. The second kappa shape index (κ2) is 7.87. The molecule has 0 unspecified atom stereocenters. The van der Waals surface area contributed by atoms with Gasteiger partial charge in [0, 0.05) is 29.7 Å². The van der Waals surface area contributed by atoms with E-state index in [4.69, 9.17) is 0 Å². The third-order valence-electron chi connectivity index (χ3n) is 5.31. The molecule has 1 N–H and O–H groups in total. The molecule has 0 saturated heterocycles. The molecule has 0 spiro atoms. The van der Waals surface area contributed by atoms with Gasteiger partial charge < -0.3 is 4.90 Å². The number of nitrogens with one attached hydrogen (secondary N) is 1. The number of carbonyl (C=O) groups excluding carboxylic acids is 1. The number of sulfonamides is 1. The van der Waals surface area contributed by atoms with Gasteiger partial charge in [0.2, 0.25) is 5.91 Å². The van der Waals surface area contributed by atoms with Gasteiger partial charge in [0.25, 0.3) is 10.0 Å². The highest BCUT2D eigenvalue weighted by molar-refractivity contribution is 7.93. The van der Waals surface area contributed by atoms with E-state index in [0.717, 1.165) is 29.5 Å². The summed E-state index contributed by atoms with van der Waals surface area (Å²) in [6.45, 7) is 2.80. The van der Waals surface area contributed by atoms with Crippen LogP contribution in [0.15, 0.2) is 65.6 Å². The predicted octanol–water partition coefficient (Wildman–Crippen LogP) is 4.72. The van der Waals surface area contributed by atoms with Gasteiger partial charge in [-0.3, -0.25) is 9.52 Å². The predicted molar refractivity (Wildman–Crippen MR) is 117 cm³/mol. The Hall–Kier alpha value is -2.86. The first kappa shape index (κ1) is 19.5. The zero-order valence-electron chi connectivity index (χ0n) is 16.4. The van der Waals surface area contributed by atoms with Gasteiger partial charge in [-0.25, -0.2) is 8.42 Å². The van der Waals surface area contributed by atoms with Crippen LogP contribution in [0.2, 0.25) is 0 Å². The van der Waals surface area contributed by atoms with Gasteiger partial charge in [-0.2, -0.15) is 0 Å². The van der Waals surface area contributed by atoms with Crippen molar-refractivity contribution in [2.45, 2.75) is 37.5 Å². The molecule has 0 saturated carbocycles. The Morgan fingerprint density at radius 1 is 1.00 bits per heavy atom. The summed E-state index contributed by atoms with van der Waals surface area (Å²) in [5, 5.41) is 1.57. The molecule has 0 radical (unpaired) electrons. The summed E-state index contributed by atoms with van der Waals surface area (Å²) >= 11 is 0. The van der Waals surface area contributed by atoms with Crippen molar-refractivity contribution in [1.29, 1.82) is 0 Å². The molecular formula is C23H24N2O3S. The highest BCUT2D eigenvalue weighted by Crippen LogP contribution is 2.32. The monoisotopic (exact) mass is 408 g/mol. The molecule has 4 rings (SSSR count). The maximum atomic E-state index is 13.1. The number of benzene rings is 3. The number of anilines is 2. The van der Waals surface area contributed by atoms with Crippen LogP contribution in [-0.2, 0) is 21.2 Å². The molecule has 3 aromatic rings. The lowest BCUT2D eigenvalue weighted by atomic mass is 10.00. The summed E-state index contributed by atoms with van der Waals surface area (Å²) in [5.74, 6) is 0.134. The van der Waals surface area contributed by atoms with Gasteiger partial charge >= 0.3 is 0 Å². The summed E-state index contributed by atoms with van der Waals surface area (Å²) in [6, 6.07) is 18.1. The summed E-state index contributed by atoms with van der Waals surface area (Å²) in [7, 11) is -3.74. The number of amides is 1. The minimum atomic E-state index is -3.74. The molecule has 5 nitrogen and oxygen atoms in total. The number of rotatable bonds is 6. The Morgan fingerprint density at radius 3 is 2.62 bits per heavy atom. The topological polar surface area (TPSA) is 66.5 Å². The summed E-state index contributed by atoms with van der Waals surface area (Å²) < 4.78 is 28.8. The summed E-state index contributed by atoms with van der Waals surface area (Å²) in [5.41, 5.74) is 2.41. The van der Waals surface area contributed by atoms with Crippen LogP contribution >= 0.6 is 0 Å². The zero-order chi connectivity index (χ0) is 20.4. The van der Waals surface area contributed by atoms with E-state index in [-0.39, 0.29) is 10.8 Å². The van der Waals surface area contributed by atoms with Crippen molar-refractivity contribution in [3.8, 4) is 0 Å². The molecule has 1 amide bonds. The average molecular weight is 409 g/mol. The van der Waals surface area contributed by atoms with Gasteiger partial charge in [0.1, 0.15) is 0 Å². The fourth-order valence-corrected chi connectivity index (χ4v) is 5.11. The summed E-state index contributed by atoms with van der Waals surface area (Å²) in [6.07, 6.45) is 3.04. The van der Waals surface area contributed by atoms with Gasteiger partial charge in [-0.05, 0) is 48.1 Å². The van der Waals surface area contributed by atoms with Crippen LogP contribution in [0.1, 0.15) is 31.7 Å². The molecule has 0 bridgehead atoms. The molecule has 1 aliphatic rings. The maximum absolute atomic E-state index is 13.1. The smallest absolute Gasteiger partial charge is 0.262 e. The zero-order valence-corrected chi connectivity index (χ0v) is 17.2. The number of nitrogens with zero attached hydrogens (tertiary/aromatic N) is 1. The Balaban J connectivity index is 1.65. The normalized spacial score (nSPS) is 14.1. The number of aryl methyl sites for hydroxylation is 1. The van der Waals surface area contributed by atoms with E-state index in [1.165, 1.54) is 0 Å². The van der Waals surface area contributed by atoms with Gasteiger partial charge in [0.15, 0.2) is 0 Å². The molecule has 0 aliphatic carbocycles. The Kier molecular flexibility index (Phi) is 5.28. The van der Waals surface area contributed by atoms with E-state index in [2.05, 4.69) is 11.6 Å². The van der Waals surface area contributed by atoms with Gasteiger partial charge in [-0.1, -0.05) is 49.7 Å². The van der Waals surface area contributed by atoms with Crippen molar-refractivity contribution >= 4 is 38.1 Å². The van der Waals surface area contributed by atoms with Crippen LogP contribution in [0.4, 0.5) is 11.4 Å². The van der Waals surface area contributed by atoms with Crippen molar-refractivity contribution in [3.63, 3.8) is 0 Å². The van der Waals surface area contributed by atoms with E-state index in [1.54, 1.807) is 18.2 Å². The largest absolute Gasteiger partial charge is 0.312 e. The average Bonchev–Trinajstić information content (AvgIpc) is 2.72. The Labute approximate surface area is 171 Å². The molecule has 0 aromatic heterocycles. The van der Waals surface area contributed by atoms with Crippen LogP contribution in [0.25, 0.3) is 10.8 Å². The fourth-order valence-electron chi connectivity index (χ4n) is 3.82. The van der Waals surface area contributed by atoms with Gasteiger partial charge in [0.05, 0.1) is 4.90 Å². The molecule has 29 heavy (non-hydrogen) atoms. The molecule has 1 heterocycles. The number of carbonyl (C=O) groups is 1. The minimum Gasteiger partial charge on any atom is -0.312 e. The van der Waals surface area contributed by atoms with Crippen molar-refractivity contribution in [3.05, 3.63) is 66.2 Å². The van der Waals surface area contributed by atoms with Crippen molar-refractivity contribution < 1.29 is 13.2 Å².